The average molecular weight is 594 g/mol. The number of anilines is 1. The van der Waals surface area contributed by atoms with Crippen LogP contribution in [-0.2, 0) is 11.3 Å². The number of piperazine rings is 1. The van der Waals surface area contributed by atoms with Crippen LogP contribution in [0.1, 0.15) is 61.7 Å². The molecule has 2 aliphatic heterocycles. The largest absolute Gasteiger partial charge is 0.376 e. The van der Waals surface area contributed by atoms with E-state index in [9.17, 15) is 9.65 Å². The molecule has 0 bridgehead atoms. The van der Waals surface area contributed by atoms with E-state index >= 15 is 0 Å². The predicted molar refractivity (Wildman–Crippen MR) is 165 cm³/mol. The van der Waals surface area contributed by atoms with E-state index in [4.69, 9.17) is 14.7 Å². The number of aryl methyl sites for hydroxylation is 1. The fourth-order valence-electron chi connectivity index (χ4n) is 6.96. The molecule has 2 aliphatic rings. The molecule has 0 amide bonds. The summed E-state index contributed by atoms with van der Waals surface area (Å²) in [6, 6.07) is 16.9. The summed E-state index contributed by atoms with van der Waals surface area (Å²) < 4.78 is 24.1. The van der Waals surface area contributed by atoms with E-state index < -0.39 is 0 Å². The molecule has 0 aliphatic carbocycles. The number of halogens is 1. The SMILES string of the molecule is CC[C@@H]1CN(c2nc3nncn3c3c2nc(C)n3C[C@@H]2CCCO2)[C@@H](C)CN1C(c1ccc(F)cc1)c1ccc(C#N)cc1. The van der Waals surface area contributed by atoms with Crippen molar-refractivity contribution in [3.63, 3.8) is 0 Å². The summed E-state index contributed by atoms with van der Waals surface area (Å²) >= 11 is 0. The summed E-state index contributed by atoms with van der Waals surface area (Å²) in [5, 5.41) is 17.9. The van der Waals surface area contributed by atoms with E-state index in [0.29, 0.717) is 11.3 Å². The molecule has 1 unspecified atom stereocenters. The number of imidazole rings is 1. The Morgan fingerprint density at radius 3 is 2.50 bits per heavy atom. The van der Waals surface area contributed by atoms with Gasteiger partial charge in [0.05, 0.1) is 30.3 Å². The lowest BCUT2D eigenvalue weighted by atomic mass is 9.92. The normalized spacial score (nSPS) is 21.7. The minimum absolute atomic E-state index is 0.0869. The van der Waals surface area contributed by atoms with Crippen LogP contribution < -0.4 is 4.90 Å². The monoisotopic (exact) mass is 593 g/mol. The number of ether oxygens (including phenoxy) is 1. The zero-order valence-electron chi connectivity index (χ0n) is 25.3. The summed E-state index contributed by atoms with van der Waals surface area (Å²) in [7, 11) is 0. The highest BCUT2D eigenvalue weighted by Gasteiger charge is 2.38. The van der Waals surface area contributed by atoms with Crippen LogP contribution >= 0.6 is 0 Å². The van der Waals surface area contributed by atoms with Crippen LogP contribution in [0.25, 0.3) is 16.9 Å². The Hall–Kier alpha value is -4.40. The van der Waals surface area contributed by atoms with Gasteiger partial charge in [0.25, 0.3) is 5.78 Å². The Bertz CT molecular complexity index is 1820. The molecular formula is C33H36FN9O. The smallest absolute Gasteiger partial charge is 0.258 e. The number of aromatic nitrogens is 6. The predicted octanol–water partition coefficient (Wildman–Crippen LogP) is 5.05. The first kappa shape index (κ1) is 28.4. The van der Waals surface area contributed by atoms with Crippen LogP contribution in [0.5, 0.6) is 0 Å². The van der Waals surface area contributed by atoms with Crippen LogP contribution in [0.3, 0.4) is 0 Å². The van der Waals surface area contributed by atoms with E-state index in [1.807, 2.05) is 47.7 Å². The van der Waals surface area contributed by atoms with E-state index in [-0.39, 0.29) is 30.0 Å². The average Bonchev–Trinajstić information content (AvgIpc) is 3.80. The molecule has 2 aromatic carbocycles. The van der Waals surface area contributed by atoms with Gasteiger partial charge in [-0.2, -0.15) is 10.2 Å². The number of hydrogen-bond donors (Lipinski definition) is 0. The van der Waals surface area contributed by atoms with E-state index in [1.165, 1.54) is 12.1 Å². The van der Waals surface area contributed by atoms with Crippen LogP contribution in [0.4, 0.5) is 10.2 Å². The molecule has 0 saturated carbocycles. The summed E-state index contributed by atoms with van der Waals surface area (Å²) in [6.07, 6.45) is 4.88. The highest BCUT2D eigenvalue weighted by atomic mass is 19.1. The molecule has 10 nitrogen and oxygen atoms in total. The molecule has 2 saturated heterocycles. The summed E-state index contributed by atoms with van der Waals surface area (Å²) in [5.74, 6) is 2.02. The fourth-order valence-corrected chi connectivity index (χ4v) is 6.96. The zero-order valence-corrected chi connectivity index (χ0v) is 25.3. The maximum absolute atomic E-state index is 14.0. The number of hydrogen-bond acceptors (Lipinski definition) is 8. The van der Waals surface area contributed by atoms with Crippen LogP contribution in [0, 0.1) is 24.1 Å². The Kier molecular flexibility index (Phi) is 7.48. The third-order valence-electron chi connectivity index (χ3n) is 9.22. The quantitative estimate of drug-likeness (QED) is 0.259. The lowest BCUT2D eigenvalue weighted by molar-refractivity contribution is 0.0972. The van der Waals surface area contributed by atoms with Crippen LogP contribution in [0.2, 0.25) is 0 Å². The third-order valence-corrected chi connectivity index (χ3v) is 9.22. The molecule has 0 radical (unpaired) electrons. The van der Waals surface area contributed by atoms with Crippen molar-refractivity contribution in [1.29, 1.82) is 5.26 Å². The van der Waals surface area contributed by atoms with Gasteiger partial charge in [0, 0.05) is 31.8 Å². The minimum Gasteiger partial charge on any atom is -0.376 e. The van der Waals surface area contributed by atoms with Gasteiger partial charge in [0.15, 0.2) is 11.5 Å². The molecule has 226 valence electrons. The minimum atomic E-state index is -0.259. The van der Waals surface area contributed by atoms with E-state index in [0.717, 1.165) is 79.4 Å². The first-order chi connectivity index (χ1) is 21.4. The molecule has 2 fully saturated rings. The molecule has 0 N–H and O–H groups in total. The van der Waals surface area contributed by atoms with Gasteiger partial charge in [-0.1, -0.05) is 31.2 Å². The van der Waals surface area contributed by atoms with Gasteiger partial charge in [0.1, 0.15) is 23.5 Å². The molecule has 11 heteroatoms. The highest BCUT2D eigenvalue weighted by molar-refractivity contribution is 5.87. The Balaban J connectivity index is 1.28. The second-order valence-corrected chi connectivity index (χ2v) is 12.0. The summed E-state index contributed by atoms with van der Waals surface area (Å²) in [5.41, 5.74) is 4.48. The van der Waals surface area contributed by atoms with Gasteiger partial charge in [-0.15, -0.1) is 10.2 Å². The van der Waals surface area contributed by atoms with Gasteiger partial charge in [-0.05, 0) is 68.5 Å². The summed E-state index contributed by atoms with van der Waals surface area (Å²) in [4.78, 5) is 15.0. The number of nitrogens with zero attached hydrogens (tertiary/aromatic N) is 9. The maximum atomic E-state index is 14.0. The van der Waals surface area contributed by atoms with Crippen molar-refractivity contribution in [2.75, 3.05) is 24.6 Å². The number of fused-ring (bicyclic) bond motifs is 3. The lowest BCUT2D eigenvalue weighted by Gasteiger charge is -2.49. The molecule has 5 heterocycles. The van der Waals surface area contributed by atoms with Crippen molar-refractivity contribution >= 4 is 22.8 Å². The van der Waals surface area contributed by atoms with Crippen molar-refractivity contribution in [3.8, 4) is 6.07 Å². The van der Waals surface area contributed by atoms with Crippen molar-refractivity contribution in [2.24, 2.45) is 0 Å². The van der Waals surface area contributed by atoms with Gasteiger partial charge < -0.3 is 14.2 Å². The standard InChI is InChI=1S/C33H36FN9O/c1-4-27-18-40(21(2)17-42(27)30(25-11-13-26(34)14-12-25)24-9-7-23(16-35)8-10-24)31-29-32(43-20-36-39-33(43)38-31)41(22(3)37-29)19-28-6-5-15-44-28/h7-14,20-21,27-28,30H,4-6,15,17-19H2,1-3H3/t21-,27+,28-,30?/m0/s1. The van der Waals surface area contributed by atoms with Gasteiger partial charge in [0.2, 0.25) is 0 Å². The number of benzene rings is 2. The van der Waals surface area contributed by atoms with Crippen LogP contribution in [-0.4, -0.2) is 71.9 Å². The second kappa shape index (κ2) is 11.6. The molecule has 5 aromatic rings. The van der Waals surface area contributed by atoms with Gasteiger partial charge in [-0.3, -0.25) is 4.90 Å². The van der Waals surface area contributed by atoms with E-state index in [1.54, 1.807) is 6.33 Å². The van der Waals surface area contributed by atoms with Crippen molar-refractivity contribution in [1.82, 2.24) is 34.0 Å². The van der Waals surface area contributed by atoms with Crippen LogP contribution in [0.15, 0.2) is 54.9 Å². The second-order valence-electron chi connectivity index (χ2n) is 12.0. The molecule has 0 spiro atoms. The third kappa shape index (κ3) is 4.98. The van der Waals surface area contributed by atoms with Gasteiger partial charge in [-0.25, -0.2) is 13.8 Å². The fraction of sp³-hybridized carbons (Fsp3) is 0.424. The van der Waals surface area contributed by atoms with E-state index in [2.05, 4.69) is 44.5 Å². The Morgan fingerprint density at radius 1 is 1.07 bits per heavy atom. The van der Waals surface area contributed by atoms with Crippen molar-refractivity contribution in [2.45, 2.75) is 70.8 Å². The van der Waals surface area contributed by atoms with Crippen molar-refractivity contribution in [3.05, 3.63) is 83.2 Å². The summed E-state index contributed by atoms with van der Waals surface area (Å²) in [6.45, 7) is 9.47. The lowest BCUT2D eigenvalue weighted by Crippen LogP contribution is -2.58. The first-order valence-electron chi connectivity index (χ1n) is 15.4. The first-order valence-corrected chi connectivity index (χ1v) is 15.4. The number of rotatable bonds is 7. The molecule has 7 rings (SSSR count). The van der Waals surface area contributed by atoms with Gasteiger partial charge >= 0.3 is 0 Å². The maximum Gasteiger partial charge on any atom is 0.258 e. The molecule has 44 heavy (non-hydrogen) atoms. The topological polar surface area (TPSA) is 100 Å². The zero-order chi connectivity index (χ0) is 30.4. The Morgan fingerprint density at radius 2 is 1.82 bits per heavy atom. The molecule has 3 aromatic heterocycles. The Labute approximate surface area is 255 Å². The number of nitriles is 1. The highest BCUT2D eigenvalue weighted by Crippen LogP contribution is 2.37. The van der Waals surface area contributed by atoms with Crippen molar-refractivity contribution < 1.29 is 9.13 Å². The molecular weight excluding hydrogens is 557 g/mol. The molecule has 4 atom stereocenters.